The van der Waals surface area contributed by atoms with Crippen molar-refractivity contribution < 1.29 is 4.79 Å². The Bertz CT molecular complexity index is 201. The molecule has 0 saturated carbocycles. The molecule has 2 heteroatoms. The minimum absolute atomic E-state index is 0.336. The Morgan fingerprint density at radius 2 is 2.07 bits per heavy atom. The average Bonchev–Trinajstić information content (AvgIpc) is 2.16. The summed E-state index contributed by atoms with van der Waals surface area (Å²) in [6.07, 6.45) is 5.78. The molecule has 0 aliphatic carbocycles. The van der Waals surface area contributed by atoms with E-state index in [9.17, 15) is 4.79 Å². The zero-order chi connectivity index (χ0) is 11.3. The highest BCUT2D eigenvalue weighted by molar-refractivity contribution is 5.75. The summed E-state index contributed by atoms with van der Waals surface area (Å²) in [5.74, 6) is 1.75. The largest absolute Gasteiger partial charge is 0.342 e. The number of amides is 1. The highest BCUT2D eigenvalue weighted by Gasteiger charge is 2.21. The van der Waals surface area contributed by atoms with Crippen LogP contribution in [-0.2, 0) is 4.79 Å². The molecular formula is C13H25NO. The Hall–Kier alpha value is -0.530. The van der Waals surface area contributed by atoms with Crippen molar-refractivity contribution in [2.24, 2.45) is 11.8 Å². The average molecular weight is 211 g/mol. The molecule has 0 spiro atoms. The highest BCUT2D eigenvalue weighted by atomic mass is 16.2. The summed E-state index contributed by atoms with van der Waals surface area (Å²) in [4.78, 5) is 13.8. The van der Waals surface area contributed by atoms with Crippen molar-refractivity contribution in [1.82, 2.24) is 4.90 Å². The third-order valence-electron chi connectivity index (χ3n) is 3.56. The van der Waals surface area contributed by atoms with E-state index in [0.717, 1.165) is 13.1 Å². The van der Waals surface area contributed by atoms with Crippen molar-refractivity contribution in [2.75, 3.05) is 13.1 Å². The lowest BCUT2D eigenvalue weighted by molar-refractivity contribution is -0.132. The summed E-state index contributed by atoms with van der Waals surface area (Å²) in [5.41, 5.74) is 0. The molecule has 1 fully saturated rings. The monoisotopic (exact) mass is 211 g/mol. The van der Waals surface area contributed by atoms with Gasteiger partial charge in [-0.3, -0.25) is 4.79 Å². The van der Waals surface area contributed by atoms with Gasteiger partial charge in [-0.25, -0.2) is 0 Å². The fraction of sp³-hybridized carbons (Fsp3) is 0.923. The van der Waals surface area contributed by atoms with Crippen molar-refractivity contribution in [3.8, 4) is 0 Å². The van der Waals surface area contributed by atoms with Crippen LogP contribution >= 0.6 is 0 Å². The molecule has 1 unspecified atom stereocenters. The van der Waals surface area contributed by atoms with Gasteiger partial charge in [0.15, 0.2) is 0 Å². The van der Waals surface area contributed by atoms with E-state index in [0.29, 0.717) is 24.2 Å². The van der Waals surface area contributed by atoms with Crippen LogP contribution in [0.25, 0.3) is 0 Å². The molecule has 1 aliphatic rings. The van der Waals surface area contributed by atoms with Gasteiger partial charge in [0.2, 0.25) is 5.91 Å². The number of hydrogen-bond acceptors (Lipinski definition) is 1. The number of likely N-dealkylation sites (tertiary alicyclic amines) is 1. The summed E-state index contributed by atoms with van der Waals surface area (Å²) in [6, 6.07) is 0. The summed E-state index contributed by atoms with van der Waals surface area (Å²) in [7, 11) is 0. The molecule has 1 saturated heterocycles. The normalized spacial score (nSPS) is 23.7. The summed E-state index contributed by atoms with van der Waals surface area (Å²) >= 11 is 0. The quantitative estimate of drug-likeness (QED) is 0.687. The lowest BCUT2D eigenvalue weighted by Gasteiger charge is -2.32. The predicted octanol–water partition coefficient (Wildman–Crippen LogP) is 3.07. The van der Waals surface area contributed by atoms with Crippen molar-refractivity contribution >= 4 is 5.91 Å². The Kier molecular flexibility index (Phi) is 5.13. The molecule has 0 aromatic carbocycles. The Morgan fingerprint density at radius 1 is 1.33 bits per heavy atom. The molecule has 0 bridgehead atoms. The fourth-order valence-corrected chi connectivity index (χ4v) is 2.35. The maximum Gasteiger partial charge on any atom is 0.222 e. The van der Waals surface area contributed by atoms with Gasteiger partial charge < -0.3 is 4.90 Å². The summed E-state index contributed by atoms with van der Waals surface area (Å²) in [5, 5.41) is 0. The van der Waals surface area contributed by atoms with Crippen molar-refractivity contribution in [2.45, 2.75) is 52.9 Å². The zero-order valence-corrected chi connectivity index (χ0v) is 10.5. The van der Waals surface area contributed by atoms with Gasteiger partial charge in [-0.1, -0.05) is 33.6 Å². The number of rotatable bonds is 2. The molecule has 1 aliphatic heterocycles. The van der Waals surface area contributed by atoms with E-state index in [2.05, 4.69) is 18.7 Å². The molecule has 0 aromatic rings. The van der Waals surface area contributed by atoms with Gasteiger partial charge in [0.25, 0.3) is 0 Å². The lowest BCUT2D eigenvalue weighted by Crippen LogP contribution is -2.38. The third kappa shape index (κ3) is 3.84. The Morgan fingerprint density at radius 3 is 2.67 bits per heavy atom. The van der Waals surface area contributed by atoms with Gasteiger partial charge in [-0.05, 0) is 24.7 Å². The number of nitrogens with zero attached hydrogens (tertiary/aromatic N) is 1. The van der Waals surface area contributed by atoms with Gasteiger partial charge in [0.05, 0.1) is 0 Å². The van der Waals surface area contributed by atoms with Crippen LogP contribution in [0.2, 0.25) is 0 Å². The molecule has 0 N–H and O–H groups in total. The Balaban J connectivity index is 2.57. The van der Waals surface area contributed by atoms with Crippen LogP contribution < -0.4 is 0 Å². The molecule has 1 amide bonds. The van der Waals surface area contributed by atoms with Gasteiger partial charge >= 0.3 is 0 Å². The smallest absolute Gasteiger partial charge is 0.222 e. The molecular weight excluding hydrogens is 186 g/mol. The Labute approximate surface area is 94.0 Å². The van der Waals surface area contributed by atoms with Crippen LogP contribution in [0, 0.1) is 11.8 Å². The number of carbonyl (C=O) groups excluding carboxylic acids is 1. The molecule has 1 rings (SSSR count). The van der Waals surface area contributed by atoms with E-state index in [4.69, 9.17) is 0 Å². The topological polar surface area (TPSA) is 20.3 Å². The molecule has 1 atom stereocenters. The third-order valence-corrected chi connectivity index (χ3v) is 3.56. The molecule has 88 valence electrons. The summed E-state index contributed by atoms with van der Waals surface area (Å²) in [6.45, 7) is 8.49. The molecule has 15 heavy (non-hydrogen) atoms. The second kappa shape index (κ2) is 6.14. The zero-order valence-electron chi connectivity index (χ0n) is 10.5. The fourth-order valence-electron chi connectivity index (χ4n) is 2.35. The second-order valence-corrected chi connectivity index (χ2v) is 5.05. The van der Waals surface area contributed by atoms with E-state index in [1.165, 1.54) is 25.7 Å². The van der Waals surface area contributed by atoms with Crippen LogP contribution in [0.5, 0.6) is 0 Å². The maximum absolute atomic E-state index is 11.7. The SMILES string of the molecule is CCC(=O)N1CCCCCC(C(C)C)C1. The van der Waals surface area contributed by atoms with Crippen LogP contribution in [-0.4, -0.2) is 23.9 Å². The van der Waals surface area contributed by atoms with Crippen LogP contribution in [0.15, 0.2) is 0 Å². The molecule has 1 heterocycles. The minimum atomic E-state index is 0.336. The maximum atomic E-state index is 11.7. The van der Waals surface area contributed by atoms with E-state index >= 15 is 0 Å². The van der Waals surface area contributed by atoms with Gasteiger partial charge in [0.1, 0.15) is 0 Å². The standard InChI is InChI=1S/C13H25NO/c1-4-13(15)14-9-7-5-6-8-12(10-14)11(2)3/h11-12H,4-10H2,1-3H3. The second-order valence-electron chi connectivity index (χ2n) is 5.05. The van der Waals surface area contributed by atoms with Gasteiger partial charge in [-0.15, -0.1) is 0 Å². The first-order chi connectivity index (χ1) is 7.15. The lowest BCUT2D eigenvalue weighted by atomic mass is 9.88. The van der Waals surface area contributed by atoms with Crippen molar-refractivity contribution in [3.63, 3.8) is 0 Å². The molecule has 0 radical (unpaired) electrons. The van der Waals surface area contributed by atoms with E-state index in [1.54, 1.807) is 0 Å². The highest BCUT2D eigenvalue weighted by Crippen LogP contribution is 2.23. The molecule has 0 aromatic heterocycles. The van der Waals surface area contributed by atoms with Crippen LogP contribution in [0.1, 0.15) is 52.9 Å². The van der Waals surface area contributed by atoms with Gasteiger partial charge in [-0.2, -0.15) is 0 Å². The van der Waals surface area contributed by atoms with E-state index < -0.39 is 0 Å². The minimum Gasteiger partial charge on any atom is -0.342 e. The van der Waals surface area contributed by atoms with Crippen LogP contribution in [0.3, 0.4) is 0 Å². The number of carbonyl (C=O) groups is 1. The van der Waals surface area contributed by atoms with E-state index in [1.807, 2.05) is 6.92 Å². The van der Waals surface area contributed by atoms with E-state index in [-0.39, 0.29) is 0 Å². The predicted molar refractivity (Wildman–Crippen MR) is 63.7 cm³/mol. The van der Waals surface area contributed by atoms with Crippen molar-refractivity contribution in [3.05, 3.63) is 0 Å². The van der Waals surface area contributed by atoms with Crippen LogP contribution in [0.4, 0.5) is 0 Å². The van der Waals surface area contributed by atoms with Crippen molar-refractivity contribution in [1.29, 1.82) is 0 Å². The summed E-state index contributed by atoms with van der Waals surface area (Å²) < 4.78 is 0. The van der Waals surface area contributed by atoms with Gasteiger partial charge in [0, 0.05) is 19.5 Å². The first-order valence-corrected chi connectivity index (χ1v) is 6.43. The number of hydrogen-bond donors (Lipinski definition) is 0. The molecule has 2 nitrogen and oxygen atoms in total. The first kappa shape index (κ1) is 12.5. The first-order valence-electron chi connectivity index (χ1n) is 6.43.